The third kappa shape index (κ3) is 1.27. The number of esters is 1. The monoisotopic (exact) mass is 196 g/mol. The number of carbonyl (C=O) groups excluding carboxylic acids is 1. The lowest BCUT2D eigenvalue weighted by atomic mass is 9.66. The normalized spacial score (nSPS) is 39.9. The molecule has 0 aromatic rings. The Morgan fingerprint density at radius 1 is 1.50 bits per heavy atom. The first kappa shape index (κ1) is 9.71. The molecule has 0 saturated heterocycles. The van der Waals surface area contributed by atoms with E-state index in [1.807, 2.05) is 6.08 Å². The van der Waals surface area contributed by atoms with E-state index in [9.17, 15) is 4.79 Å². The summed E-state index contributed by atoms with van der Waals surface area (Å²) in [6.07, 6.45) is 7.15. The Morgan fingerprint density at radius 2 is 2.29 bits per heavy atom. The molecule has 0 unspecified atom stereocenters. The number of carbonyl (C=O) groups is 1. The molecule has 0 aromatic carbocycles. The van der Waals surface area contributed by atoms with Crippen LogP contribution in [-0.2, 0) is 14.3 Å². The van der Waals surface area contributed by atoms with E-state index in [0.717, 1.165) is 19.3 Å². The molecule has 3 rings (SSSR count). The molecule has 78 valence electrons. The van der Waals surface area contributed by atoms with E-state index >= 15 is 0 Å². The van der Waals surface area contributed by atoms with Gasteiger partial charge >= 0.3 is 5.97 Å². The average molecular weight is 196 g/mol. The molecular weight excluding hydrogens is 180 g/mol. The molecule has 3 heteroatoms. The first-order valence-corrected chi connectivity index (χ1v) is 5.04. The van der Waals surface area contributed by atoms with Crippen molar-refractivity contribution in [3.05, 3.63) is 12.2 Å². The number of ether oxygens (including phenoxy) is 2. The largest absolute Gasteiger partial charge is 0.469 e. The van der Waals surface area contributed by atoms with Gasteiger partial charge in [-0.3, -0.25) is 4.79 Å². The molecule has 3 aliphatic rings. The standard InChI is InChI=1S/C11H16O3/c1-13-10(12)9-7-8-3-5-11(9,14-2)6-4-8/h3,5,8-9H,4,6-7H2,1-2H3/t8-,9-,11-/m1/s1. The first-order valence-electron chi connectivity index (χ1n) is 5.04. The zero-order valence-electron chi connectivity index (χ0n) is 8.66. The highest BCUT2D eigenvalue weighted by molar-refractivity contribution is 5.75. The van der Waals surface area contributed by atoms with Gasteiger partial charge in [0.15, 0.2) is 0 Å². The molecule has 0 N–H and O–H groups in total. The van der Waals surface area contributed by atoms with Gasteiger partial charge in [-0.2, -0.15) is 0 Å². The van der Waals surface area contributed by atoms with Crippen LogP contribution in [-0.4, -0.2) is 25.8 Å². The fraction of sp³-hybridized carbons (Fsp3) is 0.727. The van der Waals surface area contributed by atoms with Crippen molar-refractivity contribution >= 4 is 5.97 Å². The van der Waals surface area contributed by atoms with E-state index in [0.29, 0.717) is 5.92 Å². The lowest BCUT2D eigenvalue weighted by Gasteiger charge is -2.45. The predicted octanol–water partition coefficient (Wildman–Crippen LogP) is 1.53. The molecular formula is C11H16O3. The SMILES string of the molecule is COC(=O)[C@H]1C[C@@H]2C=C[C@@]1(OC)CC2. The molecule has 0 aromatic heterocycles. The molecule has 2 bridgehead atoms. The van der Waals surface area contributed by atoms with Crippen molar-refractivity contribution in [1.82, 2.24) is 0 Å². The van der Waals surface area contributed by atoms with Crippen molar-refractivity contribution in [3.63, 3.8) is 0 Å². The summed E-state index contributed by atoms with van der Waals surface area (Å²) >= 11 is 0. The van der Waals surface area contributed by atoms with Crippen LogP contribution in [0.4, 0.5) is 0 Å². The molecule has 0 spiro atoms. The minimum absolute atomic E-state index is 0.110. The second-order valence-electron chi connectivity index (χ2n) is 4.13. The quantitative estimate of drug-likeness (QED) is 0.496. The van der Waals surface area contributed by atoms with Crippen LogP contribution in [0, 0.1) is 11.8 Å². The van der Waals surface area contributed by atoms with Crippen LogP contribution < -0.4 is 0 Å². The summed E-state index contributed by atoms with van der Waals surface area (Å²) in [6.45, 7) is 0. The Labute approximate surface area is 84.1 Å². The highest BCUT2D eigenvalue weighted by atomic mass is 16.5. The summed E-state index contributed by atoms with van der Waals surface area (Å²) in [6, 6.07) is 0. The third-order valence-electron chi connectivity index (χ3n) is 3.55. The third-order valence-corrected chi connectivity index (χ3v) is 3.55. The van der Waals surface area contributed by atoms with Gasteiger partial charge in [0.1, 0.15) is 0 Å². The van der Waals surface area contributed by atoms with Gasteiger partial charge in [-0.25, -0.2) is 0 Å². The summed E-state index contributed by atoms with van der Waals surface area (Å²) < 4.78 is 10.3. The molecule has 3 aliphatic carbocycles. The van der Waals surface area contributed by atoms with Gasteiger partial charge in [-0.05, 0) is 25.2 Å². The molecule has 0 amide bonds. The lowest BCUT2D eigenvalue weighted by molar-refractivity contribution is -0.160. The number of hydrogen-bond acceptors (Lipinski definition) is 3. The maximum atomic E-state index is 11.6. The summed E-state index contributed by atoms with van der Waals surface area (Å²) in [5.74, 6) is 0.290. The van der Waals surface area contributed by atoms with Gasteiger partial charge < -0.3 is 9.47 Å². The van der Waals surface area contributed by atoms with Crippen molar-refractivity contribution < 1.29 is 14.3 Å². The Kier molecular flexibility index (Phi) is 2.35. The van der Waals surface area contributed by atoms with E-state index in [-0.39, 0.29) is 17.5 Å². The van der Waals surface area contributed by atoms with E-state index in [1.54, 1.807) is 7.11 Å². The zero-order valence-corrected chi connectivity index (χ0v) is 8.66. The van der Waals surface area contributed by atoms with Crippen molar-refractivity contribution in [3.8, 4) is 0 Å². The molecule has 0 radical (unpaired) electrons. The second kappa shape index (κ2) is 3.39. The van der Waals surface area contributed by atoms with Gasteiger partial charge in [0, 0.05) is 7.11 Å². The van der Waals surface area contributed by atoms with Crippen LogP contribution in [0.3, 0.4) is 0 Å². The number of fused-ring (bicyclic) bond motifs is 2. The van der Waals surface area contributed by atoms with Crippen LogP contribution in [0.5, 0.6) is 0 Å². The van der Waals surface area contributed by atoms with Crippen LogP contribution >= 0.6 is 0 Å². The van der Waals surface area contributed by atoms with Crippen molar-refractivity contribution in [1.29, 1.82) is 0 Å². The van der Waals surface area contributed by atoms with Crippen LogP contribution in [0.1, 0.15) is 19.3 Å². The van der Waals surface area contributed by atoms with Gasteiger partial charge in [0.05, 0.1) is 18.6 Å². The zero-order chi connectivity index (χ0) is 10.2. The number of methoxy groups -OCH3 is 2. The average Bonchev–Trinajstić information content (AvgIpc) is 2.29. The van der Waals surface area contributed by atoms with Crippen LogP contribution in [0.2, 0.25) is 0 Å². The topological polar surface area (TPSA) is 35.5 Å². The Hall–Kier alpha value is -0.830. The Bertz CT molecular complexity index is 272. The van der Waals surface area contributed by atoms with Gasteiger partial charge in [-0.1, -0.05) is 12.2 Å². The van der Waals surface area contributed by atoms with E-state index < -0.39 is 0 Å². The minimum atomic E-state index is -0.387. The molecule has 3 atom stereocenters. The maximum absolute atomic E-state index is 11.6. The highest BCUT2D eigenvalue weighted by Gasteiger charge is 2.49. The highest BCUT2D eigenvalue weighted by Crippen LogP contribution is 2.45. The lowest BCUT2D eigenvalue weighted by Crippen LogP contribution is -2.49. The molecule has 1 fully saturated rings. The molecule has 3 nitrogen and oxygen atoms in total. The smallest absolute Gasteiger partial charge is 0.311 e. The van der Waals surface area contributed by atoms with Gasteiger partial charge in [-0.15, -0.1) is 0 Å². The summed E-state index contributed by atoms with van der Waals surface area (Å²) in [5.41, 5.74) is -0.387. The maximum Gasteiger partial charge on any atom is 0.311 e. The Morgan fingerprint density at radius 3 is 2.79 bits per heavy atom. The summed E-state index contributed by atoms with van der Waals surface area (Å²) in [7, 11) is 3.11. The molecule has 1 saturated carbocycles. The van der Waals surface area contributed by atoms with Gasteiger partial charge in [0.2, 0.25) is 0 Å². The first-order chi connectivity index (χ1) is 6.72. The summed E-state index contributed by atoms with van der Waals surface area (Å²) in [5, 5.41) is 0. The molecule has 0 heterocycles. The van der Waals surface area contributed by atoms with Crippen molar-refractivity contribution in [2.24, 2.45) is 11.8 Å². The number of allylic oxidation sites excluding steroid dienone is 1. The summed E-state index contributed by atoms with van der Waals surface area (Å²) in [4.78, 5) is 11.6. The minimum Gasteiger partial charge on any atom is -0.469 e. The molecule has 0 aliphatic heterocycles. The van der Waals surface area contributed by atoms with E-state index in [1.165, 1.54) is 7.11 Å². The van der Waals surface area contributed by atoms with Crippen molar-refractivity contribution in [2.45, 2.75) is 24.9 Å². The molecule has 14 heavy (non-hydrogen) atoms. The number of rotatable bonds is 2. The van der Waals surface area contributed by atoms with Crippen LogP contribution in [0.25, 0.3) is 0 Å². The van der Waals surface area contributed by atoms with E-state index in [4.69, 9.17) is 9.47 Å². The van der Waals surface area contributed by atoms with Crippen LogP contribution in [0.15, 0.2) is 12.2 Å². The van der Waals surface area contributed by atoms with E-state index in [2.05, 4.69) is 6.08 Å². The second-order valence-corrected chi connectivity index (χ2v) is 4.13. The number of hydrogen-bond donors (Lipinski definition) is 0. The van der Waals surface area contributed by atoms with Gasteiger partial charge in [0.25, 0.3) is 0 Å². The predicted molar refractivity (Wildman–Crippen MR) is 51.7 cm³/mol. The van der Waals surface area contributed by atoms with Crippen molar-refractivity contribution in [2.75, 3.05) is 14.2 Å². The Balaban J connectivity index is 2.27. The fourth-order valence-corrected chi connectivity index (χ4v) is 2.63. The fourth-order valence-electron chi connectivity index (χ4n) is 2.63.